The average molecular weight is 579 g/mol. The number of aromatic nitrogens is 1. The van der Waals surface area contributed by atoms with Crippen LogP contribution < -0.4 is 9.03 Å². The minimum absolute atomic E-state index is 0.0144. The van der Waals surface area contributed by atoms with E-state index in [0.717, 1.165) is 24.2 Å². The molecule has 0 aliphatic heterocycles. The summed E-state index contributed by atoms with van der Waals surface area (Å²) < 4.78 is 57.0. The molecule has 0 bridgehead atoms. The number of hydrogen-bond donors (Lipinski definition) is 1. The molecule has 4 aromatic rings. The highest BCUT2D eigenvalue weighted by Gasteiger charge is 2.38. The van der Waals surface area contributed by atoms with Crippen molar-refractivity contribution in [3.05, 3.63) is 108 Å². The normalized spacial score (nSPS) is 12.0. The van der Waals surface area contributed by atoms with Gasteiger partial charge in [0, 0.05) is 37.6 Å². The van der Waals surface area contributed by atoms with Crippen LogP contribution in [0.1, 0.15) is 16.7 Å². The molecule has 0 fully saturated rings. The summed E-state index contributed by atoms with van der Waals surface area (Å²) in [6.07, 6.45) is 3.48. The fourth-order valence-electron chi connectivity index (χ4n) is 4.50. The zero-order valence-electron chi connectivity index (χ0n) is 23.1. The van der Waals surface area contributed by atoms with Gasteiger partial charge in [0.25, 0.3) is 20.0 Å². The average Bonchev–Trinajstić information content (AvgIpc) is 2.92. The van der Waals surface area contributed by atoms with Crippen LogP contribution >= 0.6 is 0 Å². The van der Waals surface area contributed by atoms with E-state index in [1.807, 2.05) is 26.2 Å². The number of anilines is 1. The minimum Gasteiger partial charge on any atom is -0.318 e. The number of pyridine rings is 1. The zero-order valence-corrected chi connectivity index (χ0v) is 24.7. The molecule has 8 nitrogen and oxygen atoms in total. The molecule has 0 spiro atoms. The molecule has 4 rings (SSSR count). The van der Waals surface area contributed by atoms with Gasteiger partial charge in [0.2, 0.25) is 0 Å². The van der Waals surface area contributed by atoms with Crippen LogP contribution in [-0.2, 0) is 26.6 Å². The third-order valence-corrected chi connectivity index (χ3v) is 11.1. The molecule has 40 heavy (non-hydrogen) atoms. The molecule has 0 aliphatic carbocycles. The van der Waals surface area contributed by atoms with E-state index in [-0.39, 0.29) is 15.5 Å². The summed E-state index contributed by atoms with van der Waals surface area (Å²) in [5.41, 5.74) is 3.29. The Hall–Kier alpha value is -3.57. The van der Waals surface area contributed by atoms with E-state index >= 15 is 0 Å². The summed E-state index contributed by atoms with van der Waals surface area (Å²) in [6, 6.07) is 21.3. The molecule has 0 atom stereocenters. The van der Waals surface area contributed by atoms with Crippen molar-refractivity contribution in [2.75, 3.05) is 30.9 Å². The number of likely N-dealkylation sites (N-methyl/N-ethyl adjacent to an activating group) is 2. The van der Waals surface area contributed by atoms with Gasteiger partial charge in [0.1, 0.15) is 0 Å². The maximum atomic E-state index is 14.1. The van der Waals surface area contributed by atoms with Crippen LogP contribution in [-0.4, -0.2) is 53.9 Å². The molecular weight excluding hydrogens is 544 g/mol. The van der Waals surface area contributed by atoms with Gasteiger partial charge in [-0.25, -0.2) is 16.8 Å². The van der Waals surface area contributed by atoms with Gasteiger partial charge in [0.05, 0.1) is 15.5 Å². The van der Waals surface area contributed by atoms with Crippen molar-refractivity contribution in [3.63, 3.8) is 0 Å². The fraction of sp³-hybridized carbons (Fsp3) is 0.233. The smallest absolute Gasteiger partial charge is 0.277 e. The molecule has 0 unspecified atom stereocenters. The first-order valence-electron chi connectivity index (χ1n) is 12.8. The molecule has 10 heteroatoms. The van der Waals surface area contributed by atoms with Crippen molar-refractivity contribution in [3.8, 4) is 11.1 Å². The van der Waals surface area contributed by atoms with Crippen molar-refractivity contribution in [1.82, 2.24) is 15.2 Å². The monoisotopic (exact) mass is 578 g/mol. The first-order chi connectivity index (χ1) is 19.1. The van der Waals surface area contributed by atoms with Crippen molar-refractivity contribution in [2.45, 2.75) is 30.2 Å². The molecule has 1 N–H and O–H groups in total. The number of hydrogen-bond acceptors (Lipinski definition) is 7. The highest BCUT2D eigenvalue weighted by Crippen LogP contribution is 2.35. The first kappa shape index (κ1) is 29.4. The van der Waals surface area contributed by atoms with Gasteiger partial charge in [0.15, 0.2) is 0 Å². The number of benzene rings is 3. The molecular formula is C30H34N4O4S2. The Bertz CT molecular complexity index is 1630. The third-order valence-electron chi connectivity index (χ3n) is 6.56. The second-order valence-corrected chi connectivity index (χ2v) is 13.5. The van der Waals surface area contributed by atoms with E-state index in [9.17, 15) is 16.8 Å². The second-order valence-electron chi connectivity index (χ2n) is 9.71. The van der Waals surface area contributed by atoms with Crippen LogP contribution in [0.5, 0.6) is 0 Å². The molecule has 210 valence electrons. The maximum Gasteiger partial charge on any atom is 0.277 e. The largest absolute Gasteiger partial charge is 0.318 e. The van der Waals surface area contributed by atoms with Crippen LogP contribution in [0.2, 0.25) is 0 Å². The lowest BCUT2D eigenvalue weighted by atomic mass is 10.1. The second kappa shape index (κ2) is 12.3. The van der Waals surface area contributed by atoms with E-state index in [2.05, 4.69) is 15.2 Å². The van der Waals surface area contributed by atoms with Crippen LogP contribution in [0.25, 0.3) is 11.1 Å². The first-order valence-corrected chi connectivity index (χ1v) is 15.7. The van der Waals surface area contributed by atoms with Gasteiger partial charge in [-0.15, -0.1) is 0 Å². The SMILES string of the molecule is CNCCN(C)Cc1cncc(-c2cccc(N(S(=O)(=O)c3ccccc3C)S(=O)(=O)c3ccccc3C)c2)c1. The number of rotatable bonds is 11. The molecule has 0 saturated heterocycles. The Morgan fingerprint density at radius 1 is 0.750 bits per heavy atom. The van der Waals surface area contributed by atoms with Gasteiger partial charge in [-0.2, -0.15) is 3.71 Å². The van der Waals surface area contributed by atoms with E-state index in [1.54, 1.807) is 74.8 Å². The van der Waals surface area contributed by atoms with E-state index in [4.69, 9.17) is 0 Å². The van der Waals surface area contributed by atoms with Gasteiger partial charge >= 0.3 is 0 Å². The molecule has 0 radical (unpaired) electrons. The quantitative estimate of drug-likeness (QED) is 0.278. The number of aryl methyl sites for hydroxylation is 2. The highest BCUT2D eigenvalue weighted by atomic mass is 32.3. The summed E-state index contributed by atoms with van der Waals surface area (Å²) in [7, 11) is -5.11. The van der Waals surface area contributed by atoms with Crippen molar-refractivity contribution < 1.29 is 16.8 Å². The van der Waals surface area contributed by atoms with Crippen molar-refractivity contribution in [1.29, 1.82) is 0 Å². The molecule has 0 aliphatic rings. The van der Waals surface area contributed by atoms with Crippen LogP contribution in [0.4, 0.5) is 5.69 Å². The standard InChI is InChI=1S/C30H34N4O4S2/c1-23-10-5-7-14-29(23)39(35,36)34(40(37,38)30-15-8-6-11-24(30)2)28-13-9-12-26(19-28)27-18-25(20-32-21-27)22-33(4)17-16-31-3/h5-15,18-21,31H,16-17,22H2,1-4H3. The highest BCUT2D eigenvalue weighted by molar-refractivity contribution is 8.10. The predicted octanol–water partition coefficient (Wildman–Crippen LogP) is 4.60. The van der Waals surface area contributed by atoms with Crippen molar-refractivity contribution >= 4 is 25.7 Å². The zero-order chi connectivity index (χ0) is 28.9. The lowest BCUT2D eigenvalue weighted by Gasteiger charge is -2.26. The van der Waals surface area contributed by atoms with Gasteiger partial charge in [-0.3, -0.25) is 4.98 Å². The molecule has 0 saturated carbocycles. The Morgan fingerprint density at radius 3 is 1.93 bits per heavy atom. The van der Waals surface area contributed by atoms with Gasteiger partial charge in [-0.1, -0.05) is 48.5 Å². The summed E-state index contributed by atoms with van der Waals surface area (Å²) in [5.74, 6) is 0. The Balaban J connectivity index is 1.84. The van der Waals surface area contributed by atoms with Gasteiger partial charge in [-0.05, 0) is 80.5 Å². The van der Waals surface area contributed by atoms with Crippen LogP contribution in [0.15, 0.2) is 101 Å². The molecule has 0 amide bonds. The van der Waals surface area contributed by atoms with E-state index in [0.29, 0.717) is 26.9 Å². The minimum atomic E-state index is -4.52. The lowest BCUT2D eigenvalue weighted by molar-refractivity contribution is 0.328. The van der Waals surface area contributed by atoms with E-state index in [1.165, 1.54) is 18.2 Å². The predicted molar refractivity (Wildman–Crippen MR) is 159 cm³/mol. The summed E-state index contributed by atoms with van der Waals surface area (Å²) in [4.78, 5) is 6.40. The number of nitrogens with one attached hydrogen (secondary N) is 1. The molecule has 1 heterocycles. The Morgan fingerprint density at radius 2 is 1.35 bits per heavy atom. The third kappa shape index (κ3) is 6.26. The molecule has 1 aromatic heterocycles. The van der Waals surface area contributed by atoms with Crippen LogP contribution in [0.3, 0.4) is 0 Å². The summed E-state index contributed by atoms with van der Waals surface area (Å²) in [5, 5.41) is 3.13. The number of sulfonamides is 2. The molecule has 3 aromatic carbocycles. The summed E-state index contributed by atoms with van der Waals surface area (Å²) in [6.45, 7) is 5.68. The maximum absolute atomic E-state index is 14.1. The van der Waals surface area contributed by atoms with Crippen molar-refractivity contribution in [2.24, 2.45) is 0 Å². The van der Waals surface area contributed by atoms with Gasteiger partial charge < -0.3 is 10.2 Å². The van der Waals surface area contributed by atoms with E-state index < -0.39 is 20.0 Å². The lowest BCUT2D eigenvalue weighted by Crippen LogP contribution is -2.37. The Kier molecular flexibility index (Phi) is 9.05. The Labute approximate surface area is 237 Å². The fourth-order valence-corrected chi connectivity index (χ4v) is 8.61. The summed E-state index contributed by atoms with van der Waals surface area (Å²) >= 11 is 0. The van der Waals surface area contributed by atoms with Crippen LogP contribution in [0, 0.1) is 13.8 Å². The topological polar surface area (TPSA) is 99.7 Å². The number of nitrogens with zero attached hydrogens (tertiary/aromatic N) is 3.